The average molecular weight is 453 g/mol. The molecule has 0 spiro atoms. The molecule has 1 unspecified atom stereocenters. The summed E-state index contributed by atoms with van der Waals surface area (Å²) in [5.74, 6) is -0.902. The van der Waals surface area contributed by atoms with Crippen LogP contribution >= 0.6 is 0 Å². The Bertz CT molecular complexity index is 897. The molecule has 6 nitrogen and oxygen atoms in total. The van der Waals surface area contributed by atoms with Gasteiger partial charge in [0.1, 0.15) is 12.7 Å². The van der Waals surface area contributed by atoms with E-state index in [0.29, 0.717) is 24.0 Å². The molecule has 0 bridgehead atoms. The lowest BCUT2D eigenvalue weighted by atomic mass is 9.83. The smallest absolute Gasteiger partial charge is 0.338 e. The first-order valence-corrected chi connectivity index (χ1v) is 11.4. The van der Waals surface area contributed by atoms with Crippen molar-refractivity contribution in [2.75, 3.05) is 13.2 Å². The summed E-state index contributed by atoms with van der Waals surface area (Å²) in [7, 11) is 0. The van der Waals surface area contributed by atoms with Gasteiger partial charge in [0.15, 0.2) is 0 Å². The average Bonchev–Trinajstić information content (AvgIpc) is 3.19. The maximum Gasteiger partial charge on any atom is 0.338 e. The van der Waals surface area contributed by atoms with E-state index in [-0.39, 0.29) is 37.3 Å². The van der Waals surface area contributed by atoms with E-state index >= 15 is 0 Å². The summed E-state index contributed by atoms with van der Waals surface area (Å²) in [5, 5.41) is 10.1. The summed E-state index contributed by atoms with van der Waals surface area (Å²) >= 11 is 0. The number of ether oxygens (including phenoxy) is 3. The van der Waals surface area contributed by atoms with Gasteiger partial charge in [0.25, 0.3) is 0 Å². The normalized spacial score (nSPS) is 23.0. The van der Waals surface area contributed by atoms with Gasteiger partial charge in [-0.3, -0.25) is 0 Å². The minimum atomic E-state index is -0.718. The molecule has 0 aliphatic carbocycles. The second kappa shape index (κ2) is 12.3. The van der Waals surface area contributed by atoms with Gasteiger partial charge >= 0.3 is 11.9 Å². The molecule has 2 aromatic carbocycles. The van der Waals surface area contributed by atoms with Crippen LogP contribution < -0.4 is 0 Å². The summed E-state index contributed by atoms with van der Waals surface area (Å²) in [4.78, 5) is 25.2. The van der Waals surface area contributed by atoms with Crippen LogP contribution in [-0.4, -0.2) is 48.6 Å². The highest BCUT2D eigenvalue weighted by Gasteiger charge is 2.43. The Balaban J connectivity index is 1.73. The van der Waals surface area contributed by atoms with Crippen molar-refractivity contribution in [1.82, 2.24) is 0 Å². The molecule has 0 amide bonds. The SMILES string of the molecule is C=CC[C@@H]1O[C@H](CC(COC(=O)c2ccccc2)OC(=O)c2ccccc2)[C@H](CO)[C@H]1CC. The minimum absolute atomic E-state index is 0.0278. The predicted octanol–water partition coefficient (Wildman–Crippen LogP) is 4.44. The quantitative estimate of drug-likeness (QED) is 0.401. The zero-order valence-electron chi connectivity index (χ0n) is 19.0. The molecular weight excluding hydrogens is 420 g/mol. The van der Waals surface area contributed by atoms with E-state index < -0.39 is 18.0 Å². The fraction of sp³-hybridized carbons (Fsp3) is 0.407. The van der Waals surface area contributed by atoms with E-state index in [4.69, 9.17) is 14.2 Å². The van der Waals surface area contributed by atoms with Crippen molar-refractivity contribution in [2.24, 2.45) is 11.8 Å². The van der Waals surface area contributed by atoms with Gasteiger partial charge in [0, 0.05) is 18.9 Å². The van der Waals surface area contributed by atoms with E-state index in [2.05, 4.69) is 13.5 Å². The molecule has 1 aliphatic rings. The summed E-state index contributed by atoms with van der Waals surface area (Å²) in [6.45, 7) is 5.75. The molecule has 2 aromatic rings. The van der Waals surface area contributed by atoms with Crippen LogP contribution in [-0.2, 0) is 14.2 Å². The molecule has 1 aliphatic heterocycles. The lowest BCUT2D eigenvalue weighted by Gasteiger charge is -2.25. The first kappa shape index (κ1) is 24.7. The summed E-state index contributed by atoms with van der Waals surface area (Å²) < 4.78 is 17.5. The Morgan fingerprint density at radius 2 is 1.61 bits per heavy atom. The Morgan fingerprint density at radius 3 is 2.15 bits per heavy atom. The van der Waals surface area contributed by atoms with Gasteiger partial charge in [-0.15, -0.1) is 6.58 Å². The van der Waals surface area contributed by atoms with Crippen LogP contribution in [0.3, 0.4) is 0 Å². The first-order valence-electron chi connectivity index (χ1n) is 11.4. The topological polar surface area (TPSA) is 82.1 Å². The van der Waals surface area contributed by atoms with Gasteiger partial charge in [-0.05, 0) is 36.6 Å². The van der Waals surface area contributed by atoms with Crippen molar-refractivity contribution >= 4 is 11.9 Å². The molecule has 33 heavy (non-hydrogen) atoms. The van der Waals surface area contributed by atoms with Crippen molar-refractivity contribution in [3.05, 3.63) is 84.4 Å². The maximum absolute atomic E-state index is 12.7. The second-order valence-corrected chi connectivity index (χ2v) is 8.25. The molecular formula is C27H32O6. The van der Waals surface area contributed by atoms with Gasteiger partial charge < -0.3 is 19.3 Å². The van der Waals surface area contributed by atoms with Gasteiger partial charge in [0.2, 0.25) is 0 Å². The van der Waals surface area contributed by atoms with Crippen LogP contribution in [0.5, 0.6) is 0 Å². The number of benzene rings is 2. The number of hydrogen-bond acceptors (Lipinski definition) is 6. The van der Waals surface area contributed by atoms with E-state index in [0.717, 1.165) is 6.42 Å². The van der Waals surface area contributed by atoms with E-state index in [9.17, 15) is 14.7 Å². The molecule has 176 valence electrons. The summed E-state index contributed by atoms with van der Waals surface area (Å²) in [6, 6.07) is 17.3. The fourth-order valence-corrected chi connectivity index (χ4v) is 4.45. The van der Waals surface area contributed by atoms with E-state index in [1.165, 1.54) is 0 Å². The van der Waals surface area contributed by atoms with Crippen LogP contribution in [0.4, 0.5) is 0 Å². The monoisotopic (exact) mass is 452 g/mol. The number of carbonyl (C=O) groups is 2. The van der Waals surface area contributed by atoms with Crippen molar-refractivity contribution in [2.45, 2.75) is 44.5 Å². The predicted molar refractivity (Wildman–Crippen MR) is 125 cm³/mol. The van der Waals surface area contributed by atoms with E-state index in [1.807, 2.05) is 18.2 Å². The number of esters is 2. The molecule has 1 N–H and O–H groups in total. The molecule has 0 saturated carbocycles. The van der Waals surface area contributed by atoms with Gasteiger partial charge in [-0.1, -0.05) is 55.8 Å². The number of hydrogen-bond donors (Lipinski definition) is 1. The van der Waals surface area contributed by atoms with Crippen LogP contribution in [0.2, 0.25) is 0 Å². The highest BCUT2D eigenvalue weighted by molar-refractivity contribution is 5.90. The minimum Gasteiger partial charge on any atom is -0.458 e. The highest BCUT2D eigenvalue weighted by atomic mass is 16.6. The molecule has 0 aromatic heterocycles. The third-order valence-corrected chi connectivity index (χ3v) is 6.12. The second-order valence-electron chi connectivity index (χ2n) is 8.25. The zero-order valence-corrected chi connectivity index (χ0v) is 19.0. The van der Waals surface area contributed by atoms with Crippen molar-refractivity contribution in [3.8, 4) is 0 Å². The van der Waals surface area contributed by atoms with Gasteiger partial charge in [-0.25, -0.2) is 9.59 Å². The number of aliphatic hydroxyl groups excluding tert-OH is 1. The number of aliphatic hydroxyl groups is 1. The third-order valence-electron chi connectivity index (χ3n) is 6.12. The third kappa shape index (κ3) is 6.53. The molecule has 6 heteroatoms. The lowest BCUT2D eigenvalue weighted by Crippen LogP contribution is -2.33. The van der Waals surface area contributed by atoms with Crippen LogP contribution in [0.25, 0.3) is 0 Å². The van der Waals surface area contributed by atoms with Gasteiger partial charge in [0.05, 0.1) is 23.3 Å². The Hall–Kier alpha value is -2.96. The van der Waals surface area contributed by atoms with Crippen molar-refractivity contribution in [3.63, 3.8) is 0 Å². The summed E-state index contributed by atoms with van der Waals surface area (Å²) in [5.41, 5.74) is 0.840. The number of rotatable bonds is 11. The van der Waals surface area contributed by atoms with Gasteiger partial charge in [-0.2, -0.15) is 0 Å². The summed E-state index contributed by atoms with van der Waals surface area (Å²) in [6.07, 6.45) is 2.58. The largest absolute Gasteiger partial charge is 0.458 e. The fourth-order valence-electron chi connectivity index (χ4n) is 4.45. The van der Waals surface area contributed by atoms with Crippen molar-refractivity contribution in [1.29, 1.82) is 0 Å². The molecule has 3 rings (SSSR count). The molecule has 0 radical (unpaired) electrons. The molecule has 5 atom stereocenters. The van der Waals surface area contributed by atoms with Crippen LogP contribution in [0.1, 0.15) is 46.9 Å². The maximum atomic E-state index is 12.7. The standard InChI is InChI=1S/C27H32O6/c1-3-11-24-22(4-2)23(17-28)25(33-24)16-21(32-27(30)20-14-9-6-10-15-20)18-31-26(29)19-12-7-5-8-13-19/h3,5-10,12-15,21-25,28H,1,4,11,16-18H2,2H3/t21?,22-,23-,24+,25-/m1/s1. The van der Waals surface area contributed by atoms with E-state index in [1.54, 1.807) is 48.5 Å². The van der Waals surface area contributed by atoms with Crippen LogP contribution in [0.15, 0.2) is 73.3 Å². The molecule has 1 saturated heterocycles. The number of carbonyl (C=O) groups excluding carboxylic acids is 2. The lowest BCUT2D eigenvalue weighted by molar-refractivity contribution is -0.0376. The highest BCUT2D eigenvalue weighted by Crippen LogP contribution is 2.38. The molecule has 1 heterocycles. The Morgan fingerprint density at radius 1 is 1.00 bits per heavy atom. The first-order chi connectivity index (χ1) is 16.1. The zero-order chi connectivity index (χ0) is 23.6. The Labute approximate surface area is 195 Å². The van der Waals surface area contributed by atoms with Crippen LogP contribution in [0, 0.1) is 11.8 Å². The molecule has 1 fully saturated rings. The van der Waals surface area contributed by atoms with Crippen molar-refractivity contribution < 1.29 is 28.9 Å². The Kier molecular flexibility index (Phi) is 9.22.